The highest BCUT2D eigenvalue weighted by molar-refractivity contribution is 7.90. The third kappa shape index (κ3) is 7.64. The number of carbonyl (C=O) groups excluding carboxylic acids is 2. The van der Waals surface area contributed by atoms with Gasteiger partial charge in [-0.3, -0.25) is 9.69 Å². The van der Waals surface area contributed by atoms with Gasteiger partial charge < -0.3 is 19.7 Å². The van der Waals surface area contributed by atoms with E-state index in [0.717, 1.165) is 43.2 Å². The fraction of sp³-hybridized carbons (Fsp3) is 0.529. The number of rotatable bonds is 2. The molecule has 2 N–H and O–H groups in total. The predicted molar refractivity (Wildman–Crippen MR) is 179 cm³/mol. The van der Waals surface area contributed by atoms with Crippen LogP contribution in [0.4, 0.5) is 10.5 Å². The predicted octanol–water partition coefficient (Wildman–Crippen LogP) is 5.29. The zero-order chi connectivity index (χ0) is 33.1. The van der Waals surface area contributed by atoms with E-state index in [2.05, 4.69) is 14.9 Å². The Morgan fingerprint density at radius 3 is 2.70 bits per heavy atom. The van der Waals surface area contributed by atoms with Gasteiger partial charge in [-0.25, -0.2) is 17.9 Å². The molecule has 2 aliphatic heterocycles. The van der Waals surface area contributed by atoms with Crippen molar-refractivity contribution < 1.29 is 27.5 Å². The molecular weight excluding hydrogens is 628 g/mol. The van der Waals surface area contributed by atoms with E-state index in [1.54, 1.807) is 37.9 Å². The lowest BCUT2D eigenvalue weighted by Crippen LogP contribution is -2.54. The number of likely N-dealkylation sites (N-methyl/N-ethyl adjacent to an activating group) is 1. The SMILES string of the molecule is CCNC(=O)O[C@H]1/C=C/CN(C)C(C)(C)C(=O)NS(=O)(=O)c2ccc3c(c2)N(CCCCc2cc(Cl)ccc2CO3)C[C@@H]2CC[C@H]21. The molecule has 1 aliphatic carbocycles. The summed E-state index contributed by atoms with van der Waals surface area (Å²) in [5, 5.41) is 3.42. The lowest BCUT2D eigenvalue weighted by molar-refractivity contribution is -0.128. The van der Waals surface area contributed by atoms with Gasteiger partial charge in [0.15, 0.2) is 0 Å². The second kappa shape index (κ2) is 14.2. The largest absolute Gasteiger partial charge is 0.487 e. The van der Waals surface area contributed by atoms with E-state index in [9.17, 15) is 18.0 Å². The minimum Gasteiger partial charge on any atom is -0.487 e. The Morgan fingerprint density at radius 2 is 1.96 bits per heavy atom. The van der Waals surface area contributed by atoms with Crippen LogP contribution in [-0.4, -0.2) is 70.2 Å². The molecule has 2 aromatic carbocycles. The summed E-state index contributed by atoms with van der Waals surface area (Å²) in [7, 11) is -2.44. The van der Waals surface area contributed by atoms with Crippen LogP contribution in [0.15, 0.2) is 53.4 Å². The molecule has 46 heavy (non-hydrogen) atoms. The van der Waals surface area contributed by atoms with Gasteiger partial charge in [0.25, 0.3) is 15.9 Å². The zero-order valence-corrected chi connectivity index (χ0v) is 28.6. The van der Waals surface area contributed by atoms with Crippen molar-refractivity contribution >= 4 is 39.3 Å². The van der Waals surface area contributed by atoms with Gasteiger partial charge in [0.2, 0.25) is 0 Å². The number of alkyl carbamates (subject to hydrolysis) is 1. The number of hydrogen-bond donors (Lipinski definition) is 2. The maximum absolute atomic E-state index is 13.7. The summed E-state index contributed by atoms with van der Waals surface area (Å²) in [5.41, 5.74) is 1.66. The van der Waals surface area contributed by atoms with Gasteiger partial charge in [-0.2, -0.15) is 0 Å². The highest BCUT2D eigenvalue weighted by Crippen LogP contribution is 2.42. The number of ether oxygens (including phenoxy) is 2. The third-order valence-corrected chi connectivity index (χ3v) is 11.2. The monoisotopic (exact) mass is 672 g/mol. The topological polar surface area (TPSA) is 117 Å². The van der Waals surface area contributed by atoms with Crippen LogP contribution in [0.5, 0.6) is 5.75 Å². The molecule has 10 nitrogen and oxygen atoms in total. The van der Waals surface area contributed by atoms with Crippen LogP contribution in [0.25, 0.3) is 0 Å². The fourth-order valence-electron chi connectivity index (χ4n) is 6.26. The molecule has 12 heteroatoms. The highest BCUT2D eigenvalue weighted by atomic mass is 35.5. The van der Waals surface area contributed by atoms with Crippen LogP contribution in [0.3, 0.4) is 0 Å². The van der Waals surface area contributed by atoms with Crippen LogP contribution in [0, 0.1) is 11.8 Å². The normalized spacial score (nSPS) is 25.6. The average molecular weight is 673 g/mol. The number of nitrogens with zero attached hydrogens (tertiary/aromatic N) is 2. The number of benzene rings is 2. The van der Waals surface area contributed by atoms with Crippen LogP contribution < -0.4 is 19.7 Å². The quantitative estimate of drug-likeness (QED) is 0.414. The molecule has 1 fully saturated rings. The summed E-state index contributed by atoms with van der Waals surface area (Å²) in [5.74, 6) is 0.180. The first-order chi connectivity index (χ1) is 21.9. The molecule has 0 radical (unpaired) electrons. The zero-order valence-electron chi connectivity index (χ0n) is 27.1. The molecule has 3 aliphatic rings. The van der Waals surface area contributed by atoms with Crippen LogP contribution in [0.2, 0.25) is 5.02 Å². The molecule has 2 aromatic rings. The Kier molecular flexibility index (Phi) is 10.5. The fourth-order valence-corrected chi connectivity index (χ4v) is 7.58. The summed E-state index contributed by atoms with van der Waals surface area (Å²) in [6, 6.07) is 10.6. The van der Waals surface area contributed by atoms with Gasteiger partial charge in [-0.15, -0.1) is 0 Å². The second-order valence-electron chi connectivity index (χ2n) is 12.9. The Morgan fingerprint density at radius 1 is 1.15 bits per heavy atom. The summed E-state index contributed by atoms with van der Waals surface area (Å²) < 4.78 is 41.9. The van der Waals surface area contributed by atoms with Crippen molar-refractivity contribution in [3.05, 3.63) is 64.7 Å². The number of aryl methyl sites for hydroxylation is 1. The summed E-state index contributed by atoms with van der Waals surface area (Å²) in [4.78, 5) is 30.0. The lowest BCUT2D eigenvalue weighted by Gasteiger charge is -2.43. The van der Waals surface area contributed by atoms with Gasteiger partial charge in [0.1, 0.15) is 18.5 Å². The number of carbonyl (C=O) groups is 2. The Bertz CT molecular complexity index is 1580. The highest BCUT2D eigenvalue weighted by Gasteiger charge is 2.40. The second-order valence-corrected chi connectivity index (χ2v) is 15.1. The molecule has 2 amide bonds. The van der Waals surface area contributed by atoms with Crippen molar-refractivity contribution in [3.8, 4) is 5.75 Å². The molecule has 250 valence electrons. The number of sulfonamides is 1. The van der Waals surface area contributed by atoms with Crippen LogP contribution >= 0.6 is 11.6 Å². The molecule has 1 saturated carbocycles. The summed E-state index contributed by atoms with van der Waals surface area (Å²) in [6.45, 7) is 7.61. The molecule has 3 atom stereocenters. The first-order valence-electron chi connectivity index (χ1n) is 16.1. The molecule has 2 heterocycles. The smallest absolute Gasteiger partial charge is 0.407 e. The van der Waals surface area contributed by atoms with Crippen molar-refractivity contribution in [1.82, 2.24) is 14.9 Å². The first-order valence-corrected chi connectivity index (χ1v) is 17.9. The molecule has 0 aromatic heterocycles. The number of anilines is 1. The van der Waals surface area contributed by atoms with Crippen molar-refractivity contribution in [2.45, 2.75) is 76.0 Å². The van der Waals surface area contributed by atoms with E-state index in [4.69, 9.17) is 21.1 Å². The van der Waals surface area contributed by atoms with E-state index in [1.165, 1.54) is 6.07 Å². The molecule has 2 bridgehead atoms. The minimum absolute atomic E-state index is 0.0108. The summed E-state index contributed by atoms with van der Waals surface area (Å²) in [6.07, 6.45) is 7.34. The van der Waals surface area contributed by atoms with Crippen molar-refractivity contribution in [1.29, 1.82) is 0 Å². The van der Waals surface area contributed by atoms with Crippen LogP contribution in [0.1, 0.15) is 57.6 Å². The van der Waals surface area contributed by atoms with Crippen molar-refractivity contribution in [2.24, 2.45) is 11.8 Å². The maximum Gasteiger partial charge on any atom is 0.407 e. The minimum atomic E-state index is -4.20. The molecule has 0 saturated heterocycles. The Balaban J connectivity index is 1.57. The van der Waals surface area contributed by atoms with E-state index in [1.807, 2.05) is 37.3 Å². The Hall–Kier alpha value is -3.28. The molecule has 5 rings (SSSR count). The van der Waals surface area contributed by atoms with E-state index in [0.29, 0.717) is 49.2 Å². The van der Waals surface area contributed by atoms with E-state index < -0.39 is 33.7 Å². The third-order valence-electron chi connectivity index (χ3n) is 9.62. The van der Waals surface area contributed by atoms with Gasteiger partial charge in [0, 0.05) is 37.1 Å². The molecule has 0 unspecified atom stereocenters. The van der Waals surface area contributed by atoms with Gasteiger partial charge in [-0.1, -0.05) is 23.7 Å². The van der Waals surface area contributed by atoms with E-state index in [-0.39, 0.29) is 16.7 Å². The number of amides is 2. The maximum atomic E-state index is 13.7. The average Bonchev–Trinajstić information content (AvgIpc) is 3.01. The summed E-state index contributed by atoms with van der Waals surface area (Å²) >= 11 is 6.33. The van der Waals surface area contributed by atoms with Crippen molar-refractivity contribution in [3.63, 3.8) is 0 Å². The number of halogens is 1. The van der Waals surface area contributed by atoms with Gasteiger partial charge in [-0.05, 0) is 113 Å². The molecular formula is C34H45ClN4O6S. The van der Waals surface area contributed by atoms with Crippen LogP contribution in [-0.2, 0) is 32.6 Å². The number of fused-ring (bicyclic) bond motifs is 3. The lowest BCUT2D eigenvalue weighted by atomic mass is 9.70. The molecule has 0 spiro atoms. The standard InChI is InChI=1S/C34H45ClN4O6S/c1-5-36-33(41)45-30-10-8-17-38(4)34(2,3)32(40)37-46(42,43)27-14-16-31-29(20-27)39(21-24-12-15-28(24)30)18-7-6-9-23-19-26(35)13-11-25(23)22-44-31/h8,10-11,13-14,16,19-20,24,28,30H,5-7,9,12,15,17-18,21-22H2,1-4H3,(H,36,41)(H,37,40)/b10-8+/t24-,28+,30-/m0/s1. The van der Waals surface area contributed by atoms with Crippen molar-refractivity contribution in [2.75, 3.05) is 38.1 Å². The number of nitrogens with one attached hydrogen (secondary N) is 2. The number of hydrogen-bond acceptors (Lipinski definition) is 8. The first kappa shape index (κ1) is 34.1. The van der Waals surface area contributed by atoms with Gasteiger partial charge >= 0.3 is 6.09 Å². The van der Waals surface area contributed by atoms with Gasteiger partial charge in [0.05, 0.1) is 16.1 Å². The van der Waals surface area contributed by atoms with E-state index >= 15 is 0 Å². The Labute approximate surface area is 277 Å².